The topological polar surface area (TPSA) is 89.3 Å². The summed E-state index contributed by atoms with van der Waals surface area (Å²) in [6, 6.07) is 4.06. The molecule has 7 heteroatoms. The van der Waals surface area contributed by atoms with Crippen molar-refractivity contribution in [3.8, 4) is 0 Å². The van der Waals surface area contributed by atoms with Gasteiger partial charge in [-0.25, -0.2) is 13.6 Å². The zero-order valence-electron chi connectivity index (χ0n) is 10.4. The predicted molar refractivity (Wildman–Crippen MR) is 72.5 cm³/mol. The molecule has 0 spiro atoms. The maximum absolute atomic E-state index is 12.0. The van der Waals surface area contributed by atoms with E-state index in [1.807, 2.05) is 0 Å². The fraction of sp³-hybridized carbons (Fsp3) is 0.417. The molecule has 0 radical (unpaired) electrons. The summed E-state index contributed by atoms with van der Waals surface area (Å²) in [5.74, 6) is 0.189. The smallest absolute Gasteiger partial charge is 0.251 e. The summed E-state index contributed by atoms with van der Waals surface area (Å²) in [7, 11) is -3.87. The van der Waals surface area contributed by atoms with Crippen molar-refractivity contribution in [3.63, 3.8) is 0 Å². The summed E-state index contributed by atoms with van der Waals surface area (Å²) >= 11 is 5.81. The molecule has 0 heterocycles. The van der Waals surface area contributed by atoms with Gasteiger partial charge in [-0.05, 0) is 30.5 Å². The molecular weight excluding hydrogens is 288 g/mol. The first-order valence-corrected chi connectivity index (χ1v) is 7.88. The Morgan fingerprint density at radius 1 is 1.47 bits per heavy atom. The van der Waals surface area contributed by atoms with Gasteiger partial charge in [-0.3, -0.25) is 4.79 Å². The first-order valence-electron chi connectivity index (χ1n) is 5.95. The minimum Gasteiger partial charge on any atom is -0.349 e. The standard InChI is InChI=1S/C12H15ClN2O3S/c1-2-7-5-11(7)15-12(16)8-3-9(13)6-10(4-8)19(14,17)18/h3-4,6-7,11H,2,5H2,1H3,(H,15,16)(H2,14,17,18). The quantitative estimate of drug-likeness (QED) is 0.883. The van der Waals surface area contributed by atoms with Crippen LogP contribution in [-0.2, 0) is 10.0 Å². The number of amides is 1. The highest BCUT2D eigenvalue weighted by atomic mass is 35.5. The lowest BCUT2D eigenvalue weighted by Crippen LogP contribution is -2.27. The van der Waals surface area contributed by atoms with Crippen molar-refractivity contribution < 1.29 is 13.2 Å². The SMILES string of the molecule is CCC1CC1NC(=O)c1cc(Cl)cc(S(N)(=O)=O)c1. The van der Waals surface area contributed by atoms with Crippen molar-refractivity contribution in [3.05, 3.63) is 28.8 Å². The van der Waals surface area contributed by atoms with E-state index in [-0.39, 0.29) is 27.4 Å². The molecular formula is C12H15ClN2O3S. The third-order valence-corrected chi connectivity index (χ3v) is 4.34. The molecule has 0 bridgehead atoms. The number of sulfonamides is 1. The first kappa shape index (κ1) is 14.3. The van der Waals surface area contributed by atoms with Crippen LogP contribution in [0.15, 0.2) is 23.1 Å². The van der Waals surface area contributed by atoms with Crippen molar-refractivity contribution >= 4 is 27.5 Å². The van der Waals surface area contributed by atoms with E-state index in [2.05, 4.69) is 12.2 Å². The second-order valence-electron chi connectivity index (χ2n) is 4.70. The number of carbonyl (C=O) groups is 1. The largest absolute Gasteiger partial charge is 0.349 e. The van der Waals surface area contributed by atoms with Crippen molar-refractivity contribution in [1.29, 1.82) is 0 Å². The molecule has 1 saturated carbocycles. The van der Waals surface area contributed by atoms with E-state index in [1.165, 1.54) is 18.2 Å². The Labute approximate surface area is 117 Å². The molecule has 1 aromatic carbocycles. The van der Waals surface area contributed by atoms with Crippen molar-refractivity contribution in [2.75, 3.05) is 0 Å². The van der Waals surface area contributed by atoms with Crippen molar-refractivity contribution in [1.82, 2.24) is 5.32 Å². The Balaban J connectivity index is 2.20. The average molecular weight is 303 g/mol. The molecule has 19 heavy (non-hydrogen) atoms. The lowest BCUT2D eigenvalue weighted by Gasteiger charge is -2.07. The predicted octanol–water partition coefficient (Wildman–Crippen LogP) is 1.52. The zero-order chi connectivity index (χ0) is 14.2. The van der Waals surface area contributed by atoms with Gasteiger partial charge in [0.2, 0.25) is 10.0 Å². The van der Waals surface area contributed by atoms with E-state index in [4.69, 9.17) is 16.7 Å². The molecule has 1 aliphatic rings. The Morgan fingerprint density at radius 3 is 2.68 bits per heavy atom. The molecule has 2 rings (SSSR count). The van der Waals surface area contributed by atoms with Gasteiger partial charge in [0.25, 0.3) is 5.91 Å². The Morgan fingerprint density at radius 2 is 2.16 bits per heavy atom. The number of halogens is 1. The number of primary sulfonamides is 1. The average Bonchev–Trinajstić information content (AvgIpc) is 3.05. The van der Waals surface area contributed by atoms with Gasteiger partial charge in [-0.2, -0.15) is 0 Å². The second-order valence-corrected chi connectivity index (χ2v) is 6.70. The van der Waals surface area contributed by atoms with Crippen LogP contribution in [0.3, 0.4) is 0 Å². The summed E-state index contributed by atoms with van der Waals surface area (Å²) in [6.07, 6.45) is 1.98. The lowest BCUT2D eigenvalue weighted by molar-refractivity contribution is 0.0948. The monoisotopic (exact) mass is 302 g/mol. The molecule has 2 atom stereocenters. The van der Waals surface area contributed by atoms with Crippen LogP contribution in [0, 0.1) is 5.92 Å². The van der Waals surface area contributed by atoms with Crippen LogP contribution in [-0.4, -0.2) is 20.4 Å². The Hall–Kier alpha value is -1.11. The highest BCUT2D eigenvalue weighted by Gasteiger charge is 2.36. The number of benzene rings is 1. The van der Waals surface area contributed by atoms with Gasteiger partial charge in [0.1, 0.15) is 0 Å². The molecule has 1 aliphatic carbocycles. The highest BCUT2D eigenvalue weighted by Crippen LogP contribution is 2.33. The normalized spacial score (nSPS) is 22.1. The first-order chi connectivity index (χ1) is 8.81. The van der Waals surface area contributed by atoms with E-state index >= 15 is 0 Å². The van der Waals surface area contributed by atoms with Crippen molar-refractivity contribution in [2.45, 2.75) is 30.7 Å². The summed E-state index contributed by atoms with van der Waals surface area (Å²) in [5, 5.41) is 8.04. The fourth-order valence-corrected chi connectivity index (χ4v) is 2.87. The summed E-state index contributed by atoms with van der Waals surface area (Å²) < 4.78 is 22.6. The number of carbonyl (C=O) groups excluding carboxylic acids is 1. The van der Waals surface area contributed by atoms with Gasteiger partial charge in [0, 0.05) is 16.6 Å². The number of nitrogens with one attached hydrogen (secondary N) is 1. The van der Waals surface area contributed by atoms with Gasteiger partial charge >= 0.3 is 0 Å². The second kappa shape index (κ2) is 5.11. The summed E-state index contributed by atoms with van der Waals surface area (Å²) in [4.78, 5) is 11.8. The summed E-state index contributed by atoms with van der Waals surface area (Å²) in [5.41, 5.74) is 0.207. The lowest BCUT2D eigenvalue weighted by atomic mass is 10.2. The molecule has 0 saturated heterocycles. The molecule has 3 N–H and O–H groups in total. The Kier molecular flexibility index (Phi) is 3.85. The van der Waals surface area contributed by atoms with Crippen LogP contribution in [0.1, 0.15) is 30.1 Å². The molecule has 2 unspecified atom stereocenters. The van der Waals surface area contributed by atoms with Crippen LogP contribution in [0.2, 0.25) is 5.02 Å². The molecule has 1 amide bonds. The van der Waals surface area contributed by atoms with Crippen molar-refractivity contribution in [2.24, 2.45) is 11.1 Å². The van der Waals surface area contributed by atoms with E-state index < -0.39 is 10.0 Å². The van der Waals surface area contributed by atoms with Gasteiger partial charge in [-0.1, -0.05) is 24.9 Å². The number of rotatable bonds is 4. The van der Waals surface area contributed by atoms with E-state index in [1.54, 1.807) is 0 Å². The van der Waals surface area contributed by atoms with Gasteiger partial charge < -0.3 is 5.32 Å². The third-order valence-electron chi connectivity index (χ3n) is 3.23. The summed E-state index contributed by atoms with van der Waals surface area (Å²) in [6.45, 7) is 2.06. The molecule has 1 fully saturated rings. The molecule has 0 aliphatic heterocycles. The van der Waals surface area contributed by atoms with Crippen LogP contribution < -0.4 is 10.5 Å². The van der Waals surface area contributed by atoms with Crippen LogP contribution in [0.25, 0.3) is 0 Å². The number of hydrogen-bond acceptors (Lipinski definition) is 3. The molecule has 1 aromatic rings. The fourth-order valence-electron chi connectivity index (χ4n) is 1.99. The minimum atomic E-state index is -3.87. The number of hydrogen-bond donors (Lipinski definition) is 2. The van der Waals surface area contributed by atoms with Crippen LogP contribution in [0.4, 0.5) is 0 Å². The van der Waals surface area contributed by atoms with Crippen LogP contribution >= 0.6 is 11.6 Å². The zero-order valence-corrected chi connectivity index (χ0v) is 12.0. The molecule has 0 aromatic heterocycles. The van der Waals surface area contributed by atoms with Gasteiger partial charge in [-0.15, -0.1) is 0 Å². The van der Waals surface area contributed by atoms with Gasteiger partial charge in [0.15, 0.2) is 0 Å². The maximum atomic E-state index is 12.0. The van der Waals surface area contributed by atoms with E-state index in [0.717, 1.165) is 12.8 Å². The molecule has 104 valence electrons. The van der Waals surface area contributed by atoms with E-state index in [9.17, 15) is 13.2 Å². The van der Waals surface area contributed by atoms with Crippen LogP contribution in [0.5, 0.6) is 0 Å². The number of nitrogens with two attached hydrogens (primary N) is 1. The maximum Gasteiger partial charge on any atom is 0.251 e. The van der Waals surface area contributed by atoms with Gasteiger partial charge in [0.05, 0.1) is 4.90 Å². The minimum absolute atomic E-state index is 0.159. The highest BCUT2D eigenvalue weighted by molar-refractivity contribution is 7.89. The Bertz CT molecular complexity index is 615. The van der Waals surface area contributed by atoms with E-state index in [0.29, 0.717) is 5.92 Å². The third kappa shape index (κ3) is 3.46. The molecule has 5 nitrogen and oxygen atoms in total.